The van der Waals surface area contributed by atoms with Gasteiger partial charge in [0.2, 0.25) is 0 Å². The number of hydrogen-bond donors (Lipinski definition) is 0. The highest BCUT2D eigenvalue weighted by molar-refractivity contribution is 9.10. The van der Waals surface area contributed by atoms with Gasteiger partial charge in [0, 0.05) is 0 Å². The van der Waals surface area contributed by atoms with Crippen LogP contribution in [0.15, 0.2) is 28.7 Å². The molecule has 2 nitrogen and oxygen atoms in total. The number of benzene rings is 2. The molecule has 0 saturated carbocycles. The summed E-state index contributed by atoms with van der Waals surface area (Å²) in [5.74, 6) is -0.786. The third-order valence-corrected chi connectivity index (χ3v) is 3.70. The molecule has 2 rings (SSSR count). The molecular formula is C16H12BrF2NO. The van der Waals surface area contributed by atoms with E-state index in [1.54, 1.807) is 26.0 Å². The number of aryl methyl sites for hydroxylation is 2. The van der Waals surface area contributed by atoms with Crippen molar-refractivity contribution in [2.75, 3.05) is 0 Å². The highest BCUT2D eigenvalue weighted by Gasteiger charge is 2.14. The van der Waals surface area contributed by atoms with Gasteiger partial charge in [0.25, 0.3) is 0 Å². The zero-order valence-electron chi connectivity index (χ0n) is 11.5. The SMILES string of the molecule is Cc1cc(C#N)cc(C)c1OCc1c(F)ccc(Br)c1F. The summed E-state index contributed by atoms with van der Waals surface area (Å²) in [5.41, 5.74) is 1.90. The van der Waals surface area contributed by atoms with Crippen molar-refractivity contribution in [3.05, 3.63) is 62.6 Å². The molecule has 5 heteroatoms. The molecule has 0 unspecified atom stereocenters. The van der Waals surface area contributed by atoms with Crippen LogP contribution in [0.4, 0.5) is 8.78 Å². The van der Waals surface area contributed by atoms with E-state index in [1.807, 2.05) is 0 Å². The Morgan fingerprint density at radius 3 is 2.38 bits per heavy atom. The second-order valence-electron chi connectivity index (χ2n) is 4.66. The minimum atomic E-state index is -0.668. The maximum Gasteiger partial charge on any atom is 0.146 e. The van der Waals surface area contributed by atoms with Crippen molar-refractivity contribution in [1.82, 2.24) is 0 Å². The molecule has 0 atom stereocenters. The Labute approximate surface area is 130 Å². The van der Waals surface area contributed by atoms with Crippen LogP contribution in [0.2, 0.25) is 0 Å². The van der Waals surface area contributed by atoms with Gasteiger partial charge in [-0.1, -0.05) is 0 Å². The van der Waals surface area contributed by atoms with Crippen molar-refractivity contribution >= 4 is 15.9 Å². The third kappa shape index (κ3) is 3.22. The monoisotopic (exact) mass is 351 g/mol. The van der Waals surface area contributed by atoms with Crippen LogP contribution in [0.3, 0.4) is 0 Å². The minimum absolute atomic E-state index is 0.132. The zero-order chi connectivity index (χ0) is 15.6. The Hall–Kier alpha value is -1.93. The second-order valence-corrected chi connectivity index (χ2v) is 5.52. The summed E-state index contributed by atoms with van der Waals surface area (Å²) in [6.07, 6.45) is 0. The molecule has 21 heavy (non-hydrogen) atoms. The molecule has 0 radical (unpaired) electrons. The molecule has 2 aromatic carbocycles. The van der Waals surface area contributed by atoms with E-state index >= 15 is 0 Å². The smallest absolute Gasteiger partial charge is 0.146 e. The quantitative estimate of drug-likeness (QED) is 0.744. The molecule has 0 bridgehead atoms. The maximum absolute atomic E-state index is 13.9. The Balaban J connectivity index is 2.30. The van der Waals surface area contributed by atoms with E-state index in [4.69, 9.17) is 10.00 Å². The molecule has 0 saturated heterocycles. The first-order chi connectivity index (χ1) is 9.93. The Morgan fingerprint density at radius 2 is 1.81 bits per heavy atom. The lowest BCUT2D eigenvalue weighted by Gasteiger charge is -2.14. The molecule has 0 heterocycles. The topological polar surface area (TPSA) is 33.0 Å². The fourth-order valence-corrected chi connectivity index (χ4v) is 2.46. The van der Waals surface area contributed by atoms with E-state index in [1.165, 1.54) is 12.1 Å². The first kappa shape index (κ1) is 15.5. The zero-order valence-corrected chi connectivity index (χ0v) is 13.1. The van der Waals surface area contributed by atoms with E-state index in [9.17, 15) is 8.78 Å². The van der Waals surface area contributed by atoms with Crippen molar-refractivity contribution in [3.8, 4) is 11.8 Å². The van der Waals surface area contributed by atoms with Gasteiger partial charge >= 0.3 is 0 Å². The molecule has 2 aromatic rings. The summed E-state index contributed by atoms with van der Waals surface area (Å²) in [6, 6.07) is 7.90. The summed E-state index contributed by atoms with van der Waals surface area (Å²) in [6.45, 7) is 3.36. The number of nitrogens with zero attached hydrogens (tertiary/aromatic N) is 1. The van der Waals surface area contributed by atoms with Gasteiger partial charge in [0.1, 0.15) is 24.0 Å². The van der Waals surface area contributed by atoms with Gasteiger partial charge in [-0.2, -0.15) is 5.26 Å². The van der Waals surface area contributed by atoms with Crippen molar-refractivity contribution in [3.63, 3.8) is 0 Å². The first-order valence-corrected chi connectivity index (χ1v) is 7.00. The highest BCUT2D eigenvalue weighted by atomic mass is 79.9. The summed E-state index contributed by atoms with van der Waals surface area (Å²) < 4.78 is 33.3. The number of nitriles is 1. The van der Waals surface area contributed by atoms with Crippen molar-refractivity contribution in [2.24, 2.45) is 0 Å². The van der Waals surface area contributed by atoms with Crippen LogP contribution in [-0.4, -0.2) is 0 Å². The molecule has 0 aliphatic carbocycles. The number of rotatable bonds is 3. The molecule has 0 aliphatic rings. The van der Waals surface area contributed by atoms with Crippen molar-refractivity contribution in [2.45, 2.75) is 20.5 Å². The largest absolute Gasteiger partial charge is 0.488 e. The van der Waals surface area contributed by atoms with Crippen LogP contribution in [0.5, 0.6) is 5.75 Å². The van der Waals surface area contributed by atoms with E-state index < -0.39 is 11.6 Å². The molecular weight excluding hydrogens is 340 g/mol. The highest BCUT2D eigenvalue weighted by Crippen LogP contribution is 2.27. The molecule has 0 aromatic heterocycles. The van der Waals surface area contributed by atoms with E-state index in [0.717, 1.165) is 11.1 Å². The van der Waals surface area contributed by atoms with Gasteiger partial charge in [-0.15, -0.1) is 0 Å². The van der Waals surface area contributed by atoms with Crippen molar-refractivity contribution in [1.29, 1.82) is 5.26 Å². The fourth-order valence-electron chi connectivity index (χ4n) is 2.09. The van der Waals surface area contributed by atoms with Crippen LogP contribution in [-0.2, 0) is 6.61 Å². The lowest BCUT2D eigenvalue weighted by Crippen LogP contribution is -2.04. The molecule has 0 aliphatic heterocycles. The lowest BCUT2D eigenvalue weighted by atomic mass is 10.1. The molecule has 0 fully saturated rings. The number of ether oxygens (including phenoxy) is 1. The van der Waals surface area contributed by atoms with Crippen LogP contribution in [0.25, 0.3) is 0 Å². The van der Waals surface area contributed by atoms with E-state index in [0.29, 0.717) is 11.3 Å². The fraction of sp³-hybridized carbons (Fsp3) is 0.188. The molecule has 0 N–H and O–H groups in total. The van der Waals surface area contributed by atoms with Crippen LogP contribution < -0.4 is 4.74 Å². The van der Waals surface area contributed by atoms with Crippen LogP contribution in [0, 0.1) is 36.8 Å². The van der Waals surface area contributed by atoms with Crippen LogP contribution in [0.1, 0.15) is 22.3 Å². The summed E-state index contributed by atoms with van der Waals surface area (Å²) in [4.78, 5) is 0. The second kappa shape index (κ2) is 6.23. The third-order valence-electron chi connectivity index (χ3n) is 3.09. The van der Waals surface area contributed by atoms with E-state index in [-0.39, 0.29) is 16.6 Å². The van der Waals surface area contributed by atoms with Gasteiger partial charge in [0.15, 0.2) is 0 Å². The van der Waals surface area contributed by atoms with Gasteiger partial charge in [-0.25, -0.2) is 8.78 Å². The Morgan fingerprint density at radius 1 is 1.19 bits per heavy atom. The number of hydrogen-bond acceptors (Lipinski definition) is 2. The normalized spacial score (nSPS) is 10.3. The lowest BCUT2D eigenvalue weighted by molar-refractivity contribution is 0.288. The minimum Gasteiger partial charge on any atom is -0.488 e. The number of halogens is 3. The average Bonchev–Trinajstić information content (AvgIpc) is 2.45. The standard InChI is InChI=1S/C16H12BrF2NO/c1-9-5-11(7-20)6-10(2)16(9)21-8-12-14(18)4-3-13(17)15(12)19/h3-6H,8H2,1-2H3. The maximum atomic E-state index is 13.9. The first-order valence-electron chi connectivity index (χ1n) is 6.20. The van der Waals surface area contributed by atoms with Crippen molar-refractivity contribution < 1.29 is 13.5 Å². The van der Waals surface area contributed by atoms with E-state index in [2.05, 4.69) is 22.0 Å². The molecule has 0 spiro atoms. The predicted octanol–water partition coefficient (Wildman–Crippen LogP) is 4.79. The predicted molar refractivity (Wildman–Crippen MR) is 79.0 cm³/mol. The summed E-state index contributed by atoms with van der Waals surface area (Å²) >= 11 is 3.02. The van der Waals surface area contributed by atoms with Gasteiger partial charge < -0.3 is 4.74 Å². The summed E-state index contributed by atoms with van der Waals surface area (Å²) in [7, 11) is 0. The summed E-state index contributed by atoms with van der Waals surface area (Å²) in [5, 5.41) is 8.89. The Kier molecular flexibility index (Phi) is 4.59. The van der Waals surface area contributed by atoms with Crippen LogP contribution >= 0.6 is 15.9 Å². The van der Waals surface area contributed by atoms with Gasteiger partial charge in [-0.3, -0.25) is 0 Å². The van der Waals surface area contributed by atoms with Gasteiger partial charge in [0.05, 0.1) is 21.7 Å². The molecule has 108 valence electrons. The average molecular weight is 352 g/mol. The molecule has 0 amide bonds. The van der Waals surface area contributed by atoms with Gasteiger partial charge in [-0.05, 0) is 65.2 Å². The Bertz CT molecular complexity index is 715.